The van der Waals surface area contributed by atoms with Gasteiger partial charge in [0.2, 0.25) is 5.95 Å². The summed E-state index contributed by atoms with van der Waals surface area (Å²) in [5, 5.41) is 5.89. The van der Waals surface area contributed by atoms with Crippen molar-refractivity contribution in [2.45, 2.75) is 31.3 Å². The SMILES string of the molecule is CC(=O)c1cccc(NC(=O)OC2COC3C(Nc4nccc(-c5ccco5)n4)COC23)c1. The normalized spacial score (nSPS) is 23.7. The number of hydrogen-bond donors (Lipinski definition) is 2. The predicted octanol–water partition coefficient (Wildman–Crippen LogP) is 3.13. The highest BCUT2D eigenvalue weighted by atomic mass is 16.6. The molecule has 2 aromatic heterocycles. The van der Waals surface area contributed by atoms with Crippen LogP contribution in [0.1, 0.15) is 17.3 Å². The number of anilines is 2. The van der Waals surface area contributed by atoms with E-state index in [2.05, 4.69) is 20.6 Å². The summed E-state index contributed by atoms with van der Waals surface area (Å²) in [4.78, 5) is 32.7. The number of amides is 1. The van der Waals surface area contributed by atoms with Crippen molar-refractivity contribution < 1.29 is 28.2 Å². The van der Waals surface area contributed by atoms with Crippen LogP contribution in [0.25, 0.3) is 11.5 Å². The van der Waals surface area contributed by atoms with Crippen LogP contribution >= 0.6 is 0 Å². The van der Waals surface area contributed by atoms with Crippen molar-refractivity contribution in [3.8, 4) is 11.5 Å². The number of nitrogens with zero attached hydrogens (tertiary/aromatic N) is 2. The van der Waals surface area contributed by atoms with Gasteiger partial charge in [0.25, 0.3) is 0 Å². The molecule has 0 saturated carbocycles. The number of carbonyl (C=O) groups is 2. The lowest BCUT2D eigenvalue weighted by atomic mass is 10.1. The first kappa shape index (κ1) is 21.1. The van der Waals surface area contributed by atoms with Crippen LogP contribution in [0.5, 0.6) is 0 Å². The van der Waals surface area contributed by atoms with Crippen molar-refractivity contribution >= 4 is 23.5 Å². The molecular weight excluding hydrogens is 428 g/mol. The first-order valence-electron chi connectivity index (χ1n) is 10.5. The zero-order valence-corrected chi connectivity index (χ0v) is 17.8. The summed E-state index contributed by atoms with van der Waals surface area (Å²) in [6.07, 6.45) is 1.30. The highest BCUT2D eigenvalue weighted by Crippen LogP contribution is 2.31. The van der Waals surface area contributed by atoms with E-state index in [-0.39, 0.29) is 24.5 Å². The molecule has 2 fully saturated rings. The summed E-state index contributed by atoms with van der Waals surface area (Å²) < 4.78 is 22.7. The van der Waals surface area contributed by atoms with E-state index in [9.17, 15) is 9.59 Å². The molecule has 2 N–H and O–H groups in total. The molecule has 5 rings (SSSR count). The van der Waals surface area contributed by atoms with Crippen LogP contribution in [0.3, 0.4) is 0 Å². The second-order valence-corrected chi connectivity index (χ2v) is 7.80. The predicted molar refractivity (Wildman–Crippen MR) is 117 cm³/mol. The number of ether oxygens (including phenoxy) is 3. The van der Waals surface area contributed by atoms with E-state index in [1.54, 1.807) is 48.9 Å². The molecule has 33 heavy (non-hydrogen) atoms. The minimum Gasteiger partial charge on any atom is -0.463 e. The average molecular weight is 450 g/mol. The Morgan fingerprint density at radius 1 is 1.09 bits per heavy atom. The van der Waals surface area contributed by atoms with Crippen molar-refractivity contribution in [1.82, 2.24) is 9.97 Å². The second-order valence-electron chi connectivity index (χ2n) is 7.80. The number of benzene rings is 1. The van der Waals surface area contributed by atoms with Crippen molar-refractivity contribution in [1.29, 1.82) is 0 Å². The Balaban J connectivity index is 1.19. The Bertz CT molecular complexity index is 1150. The van der Waals surface area contributed by atoms with E-state index in [4.69, 9.17) is 18.6 Å². The molecule has 0 radical (unpaired) electrons. The molecule has 1 aromatic carbocycles. The number of ketones is 1. The van der Waals surface area contributed by atoms with E-state index in [1.165, 1.54) is 6.92 Å². The zero-order chi connectivity index (χ0) is 22.8. The molecular formula is C23H22N4O6. The summed E-state index contributed by atoms with van der Waals surface area (Å²) in [5.41, 5.74) is 1.64. The molecule has 0 bridgehead atoms. The third-order valence-corrected chi connectivity index (χ3v) is 5.53. The molecule has 0 spiro atoms. The van der Waals surface area contributed by atoms with Gasteiger partial charge in [0.1, 0.15) is 17.9 Å². The molecule has 2 aliphatic rings. The molecule has 2 aliphatic heterocycles. The van der Waals surface area contributed by atoms with Crippen molar-refractivity contribution in [3.63, 3.8) is 0 Å². The lowest BCUT2D eigenvalue weighted by Crippen LogP contribution is -2.38. The van der Waals surface area contributed by atoms with Gasteiger partial charge < -0.3 is 23.9 Å². The van der Waals surface area contributed by atoms with Crippen LogP contribution in [0, 0.1) is 0 Å². The molecule has 4 heterocycles. The third-order valence-electron chi connectivity index (χ3n) is 5.53. The fraction of sp³-hybridized carbons (Fsp3) is 0.304. The summed E-state index contributed by atoms with van der Waals surface area (Å²) in [5.74, 6) is 0.983. The summed E-state index contributed by atoms with van der Waals surface area (Å²) in [6.45, 7) is 2.03. The summed E-state index contributed by atoms with van der Waals surface area (Å²) >= 11 is 0. The monoisotopic (exact) mass is 450 g/mol. The number of nitrogens with one attached hydrogen (secondary N) is 2. The van der Waals surface area contributed by atoms with Gasteiger partial charge in [0.15, 0.2) is 17.6 Å². The fourth-order valence-corrected chi connectivity index (χ4v) is 3.95. The molecule has 10 nitrogen and oxygen atoms in total. The van der Waals surface area contributed by atoms with Gasteiger partial charge in [-0.2, -0.15) is 0 Å². The van der Waals surface area contributed by atoms with E-state index in [0.717, 1.165) is 0 Å². The van der Waals surface area contributed by atoms with Crippen molar-refractivity contribution in [3.05, 3.63) is 60.5 Å². The third kappa shape index (κ3) is 4.57. The molecule has 3 aromatic rings. The number of fused-ring (bicyclic) bond motifs is 1. The number of aromatic nitrogens is 2. The van der Waals surface area contributed by atoms with Gasteiger partial charge in [-0.3, -0.25) is 10.1 Å². The van der Waals surface area contributed by atoms with Crippen LogP contribution in [0.4, 0.5) is 16.4 Å². The van der Waals surface area contributed by atoms with Crippen molar-refractivity contribution in [2.24, 2.45) is 0 Å². The number of carbonyl (C=O) groups excluding carboxylic acids is 2. The standard InChI is InChI=1S/C23H22N4O6/c1-13(28)14-4-2-5-15(10-14)25-23(29)33-19-12-32-20-17(11-31-21(19)20)27-22-24-8-7-16(26-22)18-6-3-9-30-18/h2-10,17,19-21H,11-12H2,1H3,(H,25,29)(H,24,26,27). The van der Waals surface area contributed by atoms with Gasteiger partial charge in [-0.05, 0) is 37.3 Å². The van der Waals surface area contributed by atoms with Crippen LogP contribution in [0.15, 0.2) is 59.3 Å². The smallest absolute Gasteiger partial charge is 0.412 e. The van der Waals surface area contributed by atoms with Crippen LogP contribution in [-0.2, 0) is 14.2 Å². The minimum absolute atomic E-state index is 0.0874. The average Bonchev–Trinajstić information content (AvgIpc) is 3.55. The molecule has 2 saturated heterocycles. The van der Waals surface area contributed by atoms with Crippen LogP contribution < -0.4 is 10.6 Å². The molecule has 0 aliphatic carbocycles. The zero-order valence-electron chi connectivity index (χ0n) is 17.8. The molecule has 4 atom stereocenters. The minimum atomic E-state index is -0.639. The van der Waals surface area contributed by atoms with Gasteiger partial charge >= 0.3 is 6.09 Å². The molecule has 4 unspecified atom stereocenters. The van der Waals surface area contributed by atoms with Gasteiger partial charge in [0.05, 0.1) is 25.5 Å². The molecule has 170 valence electrons. The number of hydrogen-bond acceptors (Lipinski definition) is 9. The maximum absolute atomic E-state index is 12.4. The highest BCUT2D eigenvalue weighted by molar-refractivity contribution is 5.96. The Hall–Kier alpha value is -3.76. The van der Waals surface area contributed by atoms with Gasteiger partial charge in [-0.1, -0.05) is 12.1 Å². The Kier molecular flexibility index (Phi) is 5.76. The van der Waals surface area contributed by atoms with E-state index < -0.39 is 18.3 Å². The van der Waals surface area contributed by atoms with Gasteiger partial charge in [0, 0.05) is 17.4 Å². The topological polar surface area (TPSA) is 125 Å². The number of rotatable bonds is 6. The van der Waals surface area contributed by atoms with Gasteiger partial charge in [-0.25, -0.2) is 14.8 Å². The summed E-state index contributed by atoms with van der Waals surface area (Å²) in [6, 6.07) is 11.8. The number of furan rings is 1. The lowest BCUT2D eigenvalue weighted by molar-refractivity contribution is 0.00916. The Morgan fingerprint density at radius 2 is 1.97 bits per heavy atom. The Morgan fingerprint density at radius 3 is 2.79 bits per heavy atom. The highest BCUT2D eigenvalue weighted by Gasteiger charge is 2.49. The second kappa shape index (κ2) is 9.00. The van der Waals surface area contributed by atoms with E-state index in [0.29, 0.717) is 35.3 Å². The Labute approximate surface area is 189 Å². The maximum Gasteiger partial charge on any atom is 0.412 e. The number of Topliss-reactive ketones (excluding diaryl/α,β-unsaturated/α-hetero) is 1. The van der Waals surface area contributed by atoms with E-state index in [1.807, 2.05) is 6.07 Å². The molecule has 10 heteroatoms. The fourth-order valence-electron chi connectivity index (χ4n) is 3.95. The molecule has 1 amide bonds. The van der Waals surface area contributed by atoms with Crippen LogP contribution in [-0.4, -0.2) is 59.4 Å². The van der Waals surface area contributed by atoms with Crippen LogP contribution in [0.2, 0.25) is 0 Å². The van der Waals surface area contributed by atoms with Crippen molar-refractivity contribution in [2.75, 3.05) is 23.8 Å². The summed E-state index contributed by atoms with van der Waals surface area (Å²) in [7, 11) is 0. The largest absolute Gasteiger partial charge is 0.463 e. The van der Waals surface area contributed by atoms with E-state index >= 15 is 0 Å². The quantitative estimate of drug-likeness (QED) is 0.545. The van der Waals surface area contributed by atoms with Gasteiger partial charge in [-0.15, -0.1) is 0 Å². The first-order chi connectivity index (χ1) is 16.1. The lowest BCUT2D eigenvalue weighted by Gasteiger charge is -2.18. The first-order valence-corrected chi connectivity index (χ1v) is 10.5. The maximum atomic E-state index is 12.4.